The predicted molar refractivity (Wildman–Crippen MR) is 81.0 cm³/mol. The lowest BCUT2D eigenvalue weighted by Crippen LogP contribution is -2.61. The summed E-state index contributed by atoms with van der Waals surface area (Å²) in [4.78, 5) is 20.4. The van der Waals surface area contributed by atoms with Gasteiger partial charge in [0.05, 0.1) is 13.2 Å². The first-order chi connectivity index (χ1) is 11.0. The third-order valence-electron chi connectivity index (χ3n) is 4.72. The van der Waals surface area contributed by atoms with E-state index in [1.807, 2.05) is 13.8 Å². The average Bonchev–Trinajstić information content (AvgIpc) is 3.17. The van der Waals surface area contributed by atoms with Crippen LogP contribution in [0.15, 0.2) is 4.52 Å². The van der Waals surface area contributed by atoms with Crippen molar-refractivity contribution < 1.29 is 19.2 Å². The summed E-state index contributed by atoms with van der Waals surface area (Å²) >= 11 is 0. The van der Waals surface area contributed by atoms with Crippen LogP contribution in [0.25, 0.3) is 0 Å². The van der Waals surface area contributed by atoms with Gasteiger partial charge in [0.2, 0.25) is 5.89 Å². The molecule has 0 bridgehead atoms. The normalized spacial score (nSPS) is 26.9. The highest BCUT2D eigenvalue weighted by atomic mass is 16.5. The Balaban J connectivity index is 1.56. The molecular formula is C15H24N4O4. The van der Waals surface area contributed by atoms with E-state index in [1.54, 1.807) is 0 Å². The molecule has 8 heteroatoms. The van der Waals surface area contributed by atoms with E-state index in [1.165, 1.54) is 0 Å². The van der Waals surface area contributed by atoms with Gasteiger partial charge in [-0.2, -0.15) is 4.98 Å². The quantitative estimate of drug-likeness (QED) is 0.840. The summed E-state index contributed by atoms with van der Waals surface area (Å²) in [6.07, 6.45) is 0.560. The van der Waals surface area contributed by atoms with Gasteiger partial charge in [-0.3, -0.25) is 14.6 Å². The molecule has 0 saturated carbocycles. The number of piperazine rings is 1. The lowest BCUT2D eigenvalue weighted by molar-refractivity contribution is -0.153. The van der Waals surface area contributed by atoms with E-state index >= 15 is 0 Å². The first-order valence-corrected chi connectivity index (χ1v) is 8.12. The molecule has 0 spiro atoms. The SMILES string of the molecule is CC(C)c1nc(CN2CCN(C3(C(=O)O)CCOC3)CC2)no1. The lowest BCUT2D eigenvalue weighted by Gasteiger charge is -2.42. The summed E-state index contributed by atoms with van der Waals surface area (Å²) in [7, 11) is 0. The van der Waals surface area contributed by atoms with E-state index in [0.717, 1.165) is 13.1 Å². The van der Waals surface area contributed by atoms with Gasteiger partial charge in [0.1, 0.15) is 5.54 Å². The maximum Gasteiger partial charge on any atom is 0.326 e. The zero-order valence-electron chi connectivity index (χ0n) is 13.7. The summed E-state index contributed by atoms with van der Waals surface area (Å²) < 4.78 is 10.6. The third-order valence-corrected chi connectivity index (χ3v) is 4.72. The zero-order chi connectivity index (χ0) is 16.4. The smallest absolute Gasteiger partial charge is 0.326 e. The van der Waals surface area contributed by atoms with Crippen LogP contribution in [0.1, 0.15) is 37.9 Å². The second-order valence-corrected chi connectivity index (χ2v) is 6.61. The molecule has 2 aliphatic heterocycles. The molecule has 23 heavy (non-hydrogen) atoms. The van der Waals surface area contributed by atoms with Gasteiger partial charge < -0.3 is 14.4 Å². The second-order valence-electron chi connectivity index (χ2n) is 6.61. The molecule has 0 amide bonds. The number of aromatic nitrogens is 2. The van der Waals surface area contributed by atoms with E-state index in [4.69, 9.17) is 9.26 Å². The summed E-state index contributed by atoms with van der Waals surface area (Å²) in [6.45, 7) is 8.49. The number of carboxylic acids is 1. The summed E-state index contributed by atoms with van der Waals surface area (Å²) in [5, 5.41) is 13.6. The molecule has 1 aromatic heterocycles. The van der Waals surface area contributed by atoms with E-state index in [-0.39, 0.29) is 12.5 Å². The van der Waals surface area contributed by atoms with Gasteiger partial charge in [-0.15, -0.1) is 0 Å². The Morgan fingerprint density at radius 3 is 2.61 bits per heavy atom. The first-order valence-electron chi connectivity index (χ1n) is 8.12. The number of carbonyl (C=O) groups is 1. The van der Waals surface area contributed by atoms with Crippen molar-refractivity contribution in [1.82, 2.24) is 19.9 Å². The molecule has 1 N–H and O–H groups in total. The molecule has 0 aromatic carbocycles. The molecule has 2 fully saturated rings. The maximum atomic E-state index is 11.7. The van der Waals surface area contributed by atoms with E-state index in [9.17, 15) is 9.90 Å². The molecule has 2 aliphatic rings. The van der Waals surface area contributed by atoms with E-state index < -0.39 is 11.5 Å². The van der Waals surface area contributed by atoms with Crippen LogP contribution in [0.4, 0.5) is 0 Å². The van der Waals surface area contributed by atoms with Crippen LogP contribution >= 0.6 is 0 Å². The molecule has 1 unspecified atom stereocenters. The Bertz CT molecular complexity index is 545. The van der Waals surface area contributed by atoms with Crippen LogP contribution in [0.5, 0.6) is 0 Å². The topological polar surface area (TPSA) is 91.9 Å². The molecule has 3 rings (SSSR count). The fourth-order valence-electron chi connectivity index (χ4n) is 3.21. The van der Waals surface area contributed by atoms with Crippen LogP contribution in [-0.2, 0) is 16.1 Å². The second kappa shape index (κ2) is 6.54. The van der Waals surface area contributed by atoms with E-state index in [0.29, 0.717) is 44.4 Å². The molecule has 2 saturated heterocycles. The fourth-order valence-corrected chi connectivity index (χ4v) is 3.21. The largest absolute Gasteiger partial charge is 0.480 e. The molecule has 1 aromatic rings. The molecule has 0 aliphatic carbocycles. The van der Waals surface area contributed by atoms with Crippen molar-refractivity contribution in [2.24, 2.45) is 0 Å². The standard InChI is InChI=1S/C15H24N4O4/c1-11(2)13-16-12(17-23-13)9-18-4-6-19(7-5-18)15(14(20)21)3-8-22-10-15/h11H,3-10H2,1-2H3,(H,20,21). The predicted octanol–water partition coefficient (Wildman–Crippen LogP) is 0.554. The third kappa shape index (κ3) is 3.24. The van der Waals surface area contributed by atoms with Gasteiger partial charge in [0, 0.05) is 45.1 Å². The van der Waals surface area contributed by atoms with Crippen LogP contribution in [0.2, 0.25) is 0 Å². The lowest BCUT2D eigenvalue weighted by atomic mass is 9.95. The number of rotatable bonds is 5. The van der Waals surface area contributed by atoms with Crippen molar-refractivity contribution in [3.05, 3.63) is 11.7 Å². The minimum absolute atomic E-state index is 0.228. The minimum Gasteiger partial charge on any atom is -0.480 e. The summed E-state index contributed by atoms with van der Waals surface area (Å²) in [5.74, 6) is 0.806. The number of ether oxygens (including phenoxy) is 1. The van der Waals surface area contributed by atoms with Gasteiger partial charge in [-0.05, 0) is 0 Å². The highest BCUT2D eigenvalue weighted by Crippen LogP contribution is 2.28. The average molecular weight is 324 g/mol. The van der Waals surface area contributed by atoms with Crippen LogP contribution in [0.3, 0.4) is 0 Å². The first kappa shape index (κ1) is 16.4. The van der Waals surface area contributed by atoms with Crippen molar-refractivity contribution >= 4 is 5.97 Å². The number of hydrogen-bond acceptors (Lipinski definition) is 7. The molecule has 8 nitrogen and oxygen atoms in total. The minimum atomic E-state index is -0.844. The van der Waals surface area contributed by atoms with Crippen molar-refractivity contribution in [3.63, 3.8) is 0 Å². The van der Waals surface area contributed by atoms with Gasteiger partial charge in [-0.1, -0.05) is 19.0 Å². The molecule has 1 atom stereocenters. The van der Waals surface area contributed by atoms with E-state index in [2.05, 4.69) is 19.9 Å². The number of aliphatic carboxylic acids is 1. The Hall–Kier alpha value is -1.51. The van der Waals surface area contributed by atoms with Gasteiger partial charge in [0.15, 0.2) is 5.82 Å². The fraction of sp³-hybridized carbons (Fsp3) is 0.800. The van der Waals surface area contributed by atoms with Crippen LogP contribution in [0, 0.1) is 0 Å². The number of hydrogen-bond donors (Lipinski definition) is 1. The number of nitrogens with zero attached hydrogens (tertiary/aromatic N) is 4. The van der Waals surface area contributed by atoms with Crippen molar-refractivity contribution in [2.45, 2.75) is 38.3 Å². The van der Waals surface area contributed by atoms with Crippen LogP contribution < -0.4 is 0 Å². The molecular weight excluding hydrogens is 300 g/mol. The Morgan fingerprint density at radius 1 is 1.35 bits per heavy atom. The molecule has 0 radical (unpaired) electrons. The number of carboxylic acid groups (broad SMARTS) is 1. The van der Waals surface area contributed by atoms with Gasteiger partial charge >= 0.3 is 5.97 Å². The highest BCUT2D eigenvalue weighted by molar-refractivity contribution is 5.79. The van der Waals surface area contributed by atoms with Crippen molar-refractivity contribution in [1.29, 1.82) is 0 Å². The van der Waals surface area contributed by atoms with Crippen molar-refractivity contribution in [3.8, 4) is 0 Å². The molecule has 3 heterocycles. The van der Waals surface area contributed by atoms with Crippen LogP contribution in [-0.4, -0.2) is 75.9 Å². The Morgan fingerprint density at radius 2 is 2.09 bits per heavy atom. The Labute approximate surface area is 135 Å². The molecule has 128 valence electrons. The zero-order valence-corrected chi connectivity index (χ0v) is 13.7. The monoisotopic (exact) mass is 324 g/mol. The summed E-state index contributed by atoms with van der Waals surface area (Å²) in [5.41, 5.74) is -0.844. The van der Waals surface area contributed by atoms with Gasteiger partial charge in [0.25, 0.3) is 0 Å². The maximum absolute atomic E-state index is 11.7. The van der Waals surface area contributed by atoms with Crippen molar-refractivity contribution in [2.75, 3.05) is 39.4 Å². The van der Waals surface area contributed by atoms with Gasteiger partial charge in [-0.25, -0.2) is 0 Å². The Kier molecular flexibility index (Phi) is 4.65. The highest BCUT2D eigenvalue weighted by Gasteiger charge is 2.48. The summed E-state index contributed by atoms with van der Waals surface area (Å²) in [6, 6.07) is 0.